The first kappa shape index (κ1) is 10.6. The molecule has 0 saturated heterocycles. The fraction of sp³-hybridized carbons (Fsp3) is 0.111. The molecule has 0 fully saturated rings. The summed E-state index contributed by atoms with van der Waals surface area (Å²) in [5.41, 5.74) is 3.87. The molecular weight excluding hydrogens is 230 g/mol. The highest BCUT2D eigenvalue weighted by atomic mass is 14.7. The van der Waals surface area contributed by atoms with E-state index in [1.165, 1.54) is 43.7 Å². The SMILES string of the molecule is Cc1[nH]c2c(ccc3cc4ccccc4cc32)c1C. The summed E-state index contributed by atoms with van der Waals surface area (Å²) in [5, 5.41) is 6.54. The molecule has 0 radical (unpaired) electrons. The highest BCUT2D eigenvalue weighted by Crippen LogP contribution is 2.31. The van der Waals surface area contributed by atoms with Gasteiger partial charge in [-0.15, -0.1) is 0 Å². The van der Waals surface area contributed by atoms with E-state index in [0.717, 1.165) is 0 Å². The van der Waals surface area contributed by atoms with Crippen molar-refractivity contribution >= 4 is 32.4 Å². The number of rotatable bonds is 0. The van der Waals surface area contributed by atoms with Crippen molar-refractivity contribution in [1.29, 1.82) is 0 Å². The number of hydrogen-bond donors (Lipinski definition) is 1. The van der Waals surface area contributed by atoms with Gasteiger partial charge < -0.3 is 4.98 Å². The number of H-pyrrole nitrogens is 1. The molecule has 19 heavy (non-hydrogen) atoms. The minimum absolute atomic E-state index is 1.26. The van der Waals surface area contributed by atoms with Crippen LogP contribution in [0.1, 0.15) is 11.3 Å². The first-order valence-electron chi connectivity index (χ1n) is 6.64. The van der Waals surface area contributed by atoms with Gasteiger partial charge in [0.25, 0.3) is 0 Å². The molecule has 0 spiro atoms. The molecule has 92 valence electrons. The van der Waals surface area contributed by atoms with Crippen LogP contribution in [0.4, 0.5) is 0 Å². The van der Waals surface area contributed by atoms with E-state index in [2.05, 4.69) is 67.4 Å². The number of nitrogens with one attached hydrogen (secondary N) is 1. The third-order valence-electron chi connectivity index (χ3n) is 4.17. The smallest absolute Gasteiger partial charge is 0.0538 e. The van der Waals surface area contributed by atoms with Crippen LogP contribution in [0.3, 0.4) is 0 Å². The molecule has 3 aromatic carbocycles. The van der Waals surface area contributed by atoms with Crippen molar-refractivity contribution in [2.45, 2.75) is 13.8 Å². The van der Waals surface area contributed by atoms with Crippen molar-refractivity contribution in [2.75, 3.05) is 0 Å². The average molecular weight is 245 g/mol. The van der Waals surface area contributed by atoms with Crippen LogP contribution in [-0.2, 0) is 0 Å². The topological polar surface area (TPSA) is 15.8 Å². The minimum atomic E-state index is 1.26. The molecule has 0 aliphatic carbocycles. The lowest BCUT2D eigenvalue weighted by Gasteiger charge is -2.04. The normalized spacial score (nSPS) is 11.7. The second-order valence-corrected chi connectivity index (χ2v) is 5.28. The van der Waals surface area contributed by atoms with Gasteiger partial charge in [0.1, 0.15) is 0 Å². The first-order chi connectivity index (χ1) is 9.24. The maximum Gasteiger partial charge on any atom is 0.0538 e. The first-order valence-corrected chi connectivity index (χ1v) is 6.64. The van der Waals surface area contributed by atoms with Crippen LogP contribution in [0, 0.1) is 13.8 Å². The zero-order valence-electron chi connectivity index (χ0n) is 11.1. The van der Waals surface area contributed by atoms with Crippen molar-refractivity contribution in [3.63, 3.8) is 0 Å². The van der Waals surface area contributed by atoms with E-state index in [9.17, 15) is 0 Å². The predicted octanol–water partition coefficient (Wildman–Crippen LogP) is 5.09. The highest BCUT2D eigenvalue weighted by Gasteiger charge is 2.08. The number of aryl methyl sites for hydroxylation is 2. The van der Waals surface area contributed by atoms with Crippen LogP contribution in [0.2, 0.25) is 0 Å². The van der Waals surface area contributed by atoms with E-state index in [0.29, 0.717) is 0 Å². The largest absolute Gasteiger partial charge is 0.358 e. The Bertz CT molecular complexity index is 929. The van der Waals surface area contributed by atoms with Crippen LogP contribution in [-0.4, -0.2) is 4.98 Å². The number of aromatic nitrogens is 1. The maximum absolute atomic E-state index is 3.53. The van der Waals surface area contributed by atoms with Gasteiger partial charge in [-0.05, 0) is 47.7 Å². The zero-order valence-corrected chi connectivity index (χ0v) is 11.1. The number of benzene rings is 3. The van der Waals surface area contributed by atoms with Gasteiger partial charge in [-0.25, -0.2) is 0 Å². The zero-order chi connectivity index (χ0) is 13.0. The molecule has 1 N–H and O–H groups in total. The van der Waals surface area contributed by atoms with Gasteiger partial charge in [0, 0.05) is 16.5 Å². The standard InChI is InChI=1S/C18H15N/c1-11-12(2)19-18-16(11)8-7-15-9-13-5-3-4-6-14(13)10-17(15)18/h3-10,19H,1-2H3. The fourth-order valence-electron chi connectivity index (χ4n) is 2.94. The van der Waals surface area contributed by atoms with Crippen molar-refractivity contribution in [1.82, 2.24) is 4.98 Å². The van der Waals surface area contributed by atoms with Gasteiger partial charge in [-0.1, -0.05) is 36.4 Å². The second kappa shape index (κ2) is 3.61. The molecule has 0 aliphatic heterocycles. The summed E-state index contributed by atoms with van der Waals surface area (Å²) in [7, 11) is 0. The summed E-state index contributed by atoms with van der Waals surface area (Å²) >= 11 is 0. The number of fused-ring (bicyclic) bond motifs is 4. The van der Waals surface area contributed by atoms with Crippen molar-refractivity contribution < 1.29 is 0 Å². The molecule has 1 heteroatoms. The quantitative estimate of drug-likeness (QED) is 0.415. The van der Waals surface area contributed by atoms with Crippen LogP contribution < -0.4 is 0 Å². The van der Waals surface area contributed by atoms with E-state index >= 15 is 0 Å². The summed E-state index contributed by atoms with van der Waals surface area (Å²) < 4.78 is 0. The molecular formula is C18H15N. The third-order valence-corrected chi connectivity index (χ3v) is 4.17. The summed E-state index contributed by atoms with van der Waals surface area (Å²) in [6.07, 6.45) is 0. The third kappa shape index (κ3) is 1.42. The van der Waals surface area contributed by atoms with Gasteiger partial charge in [0.05, 0.1) is 5.52 Å². The molecule has 0 unspecified atom stereocenters. The van der Waals surface area contributed by atoms with E-state index in [-0.39, 0.29) is 0 Å². The molecule has 0 aliphatic rings. The van der Waals surface area contributed by atoms with E-state index in [1.807, 2.05) is 0 Å². The van der Waals surface area contributed by atoms with Crippen LogP contribution in [0.25, 0.3) is 32.4 Å². The van der Waals surface area contributed by atoms with Gasteiger partial charge in [0.15, 0.2) is 0 Å². The average Bonchev–Trinajstić information content (AvgIpc) is 2.73. The molecule has 0 saturated carbocycles. The molecule has 1 aromatic heterocycles. The summed E-state index contributed by atoms with van der Waals surface area (Å²) in [5.74, 6) is 0. The molecule has 1 heterocycles. The Labute approximate surface area is 111 Å². The molecule has 4 rings (SSSR count). The molecule has 0 atom stereocenters. The van der Waals surface area contributed by atoms with Crippen LogP contribution >= 0.6 is 0 Å². The number of aromatic amines is 1. The second-order valence-electron chi connectivity index (χ2n) is 5.28. The Kier molecular flexibility index (Phi) is 2.02. The lowest BCUT2D eigenvalue weighted by Crippen LogP contribution is -1.78. The van der Waals surface area contributed by atoms with E-state index in [1.54, 1.807) is 0 Å². The summed E-state index contributed by atoms with van der Waals surface area (Å²) in [6.45, 7) is 4.32. The predicted molar refractivity (Wildman–Crippen MR) is 82.8 cm³/mol. The Hall–Kier alpha value is -2.28. The van der Waals surface area contributed by atoms with Gasteiger partial charge in [-0.3, -0.25) is 0 Å². The lowest BCUT2D eigenvalue weighted by molar-refractivity contribution is 1.26. The van der Waals surface area contributed by atoms with Crippen LogP contribution in [0.5, 0.6) is 0 Å². The molecule has 0 amide bonds. The Morgan fingerprint density at radius 3 is 2.26 bits per heavy atom. The van der Waals surface area contributed by atoms with E-state index < -0.39 is 0 Å². The number of hydrogen-bond acceptors (Lipinski definition) is 0. The molecule has 1 nitrogen and oxygen atoms in total. The van der Waals surface area contributed by atoms with Gasteiger partial charge in [-0.2, -0.15) is 0 Å². The monoisotopic (exact) mass is 245 g/mol. The van der Waals surface area contributed by atoms with Gasteiger partial charge >= 0.3 is 0 Å². The van der Waals surface area contributed by atoms with Crippen LogP contribution in [0.15, 0.2) is 48.5 Å². The van der Waals surface area contributed by atoms with Crippen molar-refractivity contribution in [3.05, 3.63) is 59.8 Å². The Balaban J connectivity index is 2.25. The molecule has 0 bridgehead atoms. The highest BCUT2D eigenvalue weighted by molar-refractivity contribution is 6.11. The maximum atomic E-state index is 3.53. The van der Waals surface area contributed by atoms with Gasteiger partial charge in [0.2, 0.25) is 0 Å². The summed E-state index contributed by atoms with van der Waals surface area (Å²) in [6, 6.07) is 17.6. The fourth-order valence-corrected chi connectivity index (χ4v) is 2.94. The molecule has 4 aromatic rings. The van der Waals surface area contributed by atoms with E-state index in [4.69, 9.17) is 0 Å². The summed E-state index contributed by atoms with van der Waals surface area (Å²) in [4.78, 5) is 3.53. The lowest BCUT2D eigenvalue weighted by atomic mass is 10.0. The Morgan fingerprint density at radius 1 is 0.737 bits per heavy atom. The van der Waals surface area contributed by atoms with Crippen molar-refractivity contribution in [2.24, 2.45) is 0 Å². The Morgan fingerprint density at radius 2 is 1.47 bits per heavy atom. The van der Waals surface area contributed by atoms with Crippen molar-refractivity contribution in [3.8, 4) is 0 Å². The minimum Gasteiger partial charge on any atom is -0.358 e.